The summed E-state index contributed by atoms with van der Waals surface area (Å²) in [6, 6.07) is 3.34. The van der Waals surface area contributed by atoms with Crippen LogP contribution in [0, 0.1) is 0 Å². The van der Waals surface area contributed by atoms with E-state index in [1.165, 1.54) is 6.07 Å². The molecule has 25 heavy (non-hydrogen) atoms. The lowest BCUT2D eigenvalue weighted by atomic mass is 10.1. The maximum atomic E-state index is 12.9. The molecular weight excluding hydrogens is 333 g/mol. The minimum Gasteiger partial charge on any atom is -0.390 e. The van der Waals surface area contributed by atoms with Gasteiger partial charge in [0, 0.05) is 31.6 Å². The molecule has 1 aliphatic rings. The molecule has 0 aliphatic carbocycles. The largest absolute Gasteiger partial charge is 0.416 e. The first-order chi connectivity index (χ1) is 12.0. The number of hydrogen-bond donors (Lipinski definition) is 2. The number of nitrogens with two attached hydrogens (primary N) is 1. The van der Waals surface area contributed by atoms with Crippen molar-refractivity contribution in [1.82, 2.24) is 15.3 Å². The van der Waals surface area contributed by atoms with E-state index in [0.29, 0.717) is 11.5 Å². The molecule has 136 valence electrons. The van der Waals surface area contributed by atoms with Crippen LogP contribution in [0.1, 0.15) is 19.4 Å². The Morgan fingerprint density at radius 1 is 1.20 bits per heavy atom. The Kier molecular flexibility index (Phi) is 6.13. The van der Waals surface area contributed by atoms with Gasteiger partial charge in [0.15, 0.2) is 5.82 Å². The molecule has 1 aliphatic heterocycles. The number of rotatable bonds is 2. The third-order valence-corrected chi connectivity index (χ3v) is 3.59. The van der Waals surface area contributed by atoms with Crippen molar-refractivity contribution in [2.24, 2.45) is 10.7 Å². The van der Waals surface area contributed by atoms with Crippen molar-refractivity contribution < 1.29 is 13.2 Å². The quantitative estimate of drug-likeness (QED) is 0.640. The van der Waals surface area contributed by atoms with Crippen LogP contribution in [-0.4, -0.2) is 42.5 Å². The third kappa shape index (κ3) is 4.36. The number of hydrogen-bond acceptors (Lipinski definition) is 5. The number of anilines is 1. The summed E-state index contributed by atoms with van der Waals surface area (Å²) in [5, 5.41) is 3.44. The van der Waals surface area contributed by atoms with E-state index in [1.807, 2.05) is 18.7 Å². The summed E-state index contributed by atoms with van der Waals surface area (Å²) in [6.07, 6.45) is -3.42. The zero-order chi connectivity index (χ0) is 18.4. The van der Waals surface area contributed by atoms with Crippen LogP contribution in [0.2, 0.25) is 0 Å². The average Bonchev–Trinajstić information content (AvgIpc) is 2.63. The van der Waals surface area contributed by atoms with Crippen LogP contribution in [0.4, 0.5) is 24.9 Å². The molecule has 0 saturated carbocycles. The fraction of sp³-hybridized carbons (Fsp3) is 0.438. The van der Waals surface area contributed by atoms with E-state index >= 15 is 0 Å². The van der Waals surface area contributed by atoms with Crippen molar-refractivity contribution in [3.63, 3.8) is 0 Å². The predicted molar refractivity (Wildman–Crippen MR) is 93.3 cm³/mol. The van der Waals surface area contributed by atoms with Gasteiger partial charge in [0.25, 0.3) is 0 Å². The van der Waals surface area contributed by atoms with Crippen LogP contribution >= 0.6 is 0 Å². The van der Waals surface area contributed by atoms with E-state index in [0.717, 1.165) is 44.7 Å². The Morgan fingerprint density at radius 2 is 1.88 bits per heavy atom. The number of aromatic nitrogens is 2. The molecule has 3 N–H and O–H groups in total. The molecule has 0 spiro atoms. The van der Waals surface area contributed by atoms with Crippen LogP contribution in [0.15, 0.2) is 23.2 Å². The number of fused-ring (bicyclic) bond motifs is 1. The Balaban J connectivity index is 0.00000109. The highest BCUT2D eigenvalue weighted by molar-refractivity contribution is 5.90. The van der Waals surface area contributed by atoms with Crippen LogP contribution in [0.3, 0.4) is 0 Å². The summed E-state index contributed by atoms with van der Waals surface area (Å²) in [5.41, 5.74) is 4.94. The molecule has 0 atom stereocenters. The molecule has 0 radical (unpaired) electrons. The summed E-state index contributed by atoms with van der Waals surface area (Å²) >= 11 is 0. The number of nitrogens with zero attached hydrogens (tertiary/aromatic N) is 4. The number of benzene rings is 1. The van der Waals surface area contributed by atoms with Gasteiger partial charge in [0.05, 0.1) is 17.4 Å². The predicted octanol–water partition coefficient (Wildman–Crippen LogP) is 2.70. The van der Waals surface area contributed by atoms with E-state index in [-0.39, 0.29) is 11.2 Å². The molecular formula is C16H21F3N6. The first-order valence-corrected chi connectivity index (χ1v) is 8.08. The molecule has 0 unspecified atom stereocenters. The van der Waals surface area contributed by atoms with Crippen LogP contribution in [0.25, 0.3) is 10.9 Å². The Labute approximate surface area is 144 Å². The SMILES string of the molecule is CC.NC=Nc1nc(N2CCNCC2)nc2ccc(C(F)(F)F)cc12. The standard InChI is InChI=1S/C14H15F3N6.C2H6/c15-14(16,17)9-1-2-11-10(7-9)12(20-8-18)22-13(21-11)23-5-3-19-4-6-23;1-2/h1-2,7-8,19H,3-6H2,(H2,18,20,21,22);1-2H3. The maximum absolute atomic E-state index is 12.9. The minimum absolute atomic E-state index is 0.136. The minimum atomic E-state index is -4.44. The molecule has 0 bridgehead atoms. The van der Waals surface area contributed by atoms with Crippen LogP contribution in [-0.2, 0) is 6.18 Å². The number of alkyl halides is 3. The Bertz CT molecular complexity index is 738. The van der Waals surface area contributed by atoms with E-state index in [9.17, 15) is 13.2 Å². The summed E-state index contributed by atoms with van der Waals surface area (Å²) in [7, 11) is 0. The lowest BCUT2D eigenvalue weighted by molar-refractivity contribution is -0.137. The molecule has 1 aromatic heterocycles. The van der Waals surface area contributed by atoms with Gasteiger partial charge in [-0.05, 0) is 18.2 Å². The number of halogens is 3. The molecule has 0 amide bonds. The van der Waals surface area contributed by atoms with E-state index in [1.54, 1.807) is 0 Å². The zero-order valence-corrected chi connectivity index (χ0v) is 14.1. The summed E-state index contributed by atoms with van der Waals surface area (Å²) in [5.74, 6) is 0.580. The Hall–Kier alpha value is -2.42. The molecule has 6 nitrogen and oxygen atoms in total. The summed E-state index contributed by atoms with van der Waals surface area (Å²) in [6.45, 7) is 7.03. The molecule has 1 saturated heterocycles. The number of aliphatic imine (C=N–C) groups is 1. The molecule has 1 aromatic carbocycles. The lowest BCUT2D eigenvalue weighted by Crippen LogP contribution is -2.44. The van der Waals surface area contributed by atoms with Crippen LogP contribution < -0.4 is 16.0 Å². The summed E-state index contributed by atoms with van der Waals surface area (Å²) < 4.78 is 38.7. The van der Waals surface area contributed by atoms with Crippen molar-refractivity contribution in [2.75, 3.05) is 31.1 Å². The second-order valence-corrected chi connectivity index (χ2v) is 5.09. The first kappa shape index (κ1) is 18.9. The molecule has 2 aromatic rings. The van der Waals surface area contributed by atoms with Gasteiger partial charge in [-0.15, -0.1) is 0 Å². The Morgan fingerprint density at radius 3 is 2.48 bits per heavy atom. The van der Waals surface area contributed by atoms with Gasteiger partial charge in [-0.2, -0.15) is 18.2 Å². The topological polar surface area (TPSA) is 79.4 Å². The van der Waals surface area contributed by atoms with Gasteiger partial charge in [-0.1, -0.05) is 13.8 Å². The highest BCUT2D eigenvalue weighted by atomic mass is 19.4. The maximum Gasteiger partial charge on any atom is 0.416 e. The van der Waals surface area contributed by atoms with Crippen molar-refractivity contribution in [1.29, 1.82) is 0 Å². The number of nitrogens with one attached hydrogen (secondary N) is 1. The van der Waals surface area contributed by atoms with Gasteiger partial charge in [-0.25, -0.2) is 9.98 Å². The third-order valence-electron chi connectivity index (χ3n) is 3.59. The summed E-state index contributed by atoms with van der Waals surface area (Å²) in [4.78, 5) is 14.5. The monoisotopic (exact) mass is 354 g/mol. The van der Waals surface area contributed by atoms with Gasteiger partial charge >= 0.3 is 6.18 Å². The normalized spacial score (nSPS) is 15.3. The van der Waals surface area contributed by atoms with Crippen molar-refractivity contribution >= 4 is 29.0 Å². The lowest BCUT2D eigenvalue weighted by Gasteiger charge is -2.27. The van der Waals surface area contributed by atoms with Gasteiger partial charge < -0.3 is 16.0 Å². The van der Waals surface area contributed by atoms with Crippen molar-refractivity contribution in [3.05, 3.63) is 23.8 Å². The second-order valence-electron chi connectivity index (χ2n) is 5.09. The second kappa shape index (κ2) is 8.11. The molecule has 1 fully saturated rings. The van der Waals surface area contributed by atoms with E-state index in [2.05, 4.69) is 20.3 Å². The highest BCUT2D eigenvalue weighted by Crippen LogP contribution is 2.34. The molecule has 3 rings (SSSR count). The van der Waals surface area contributed by atoms with E-state index < -0.39 is 11.7 Å². The fourth-order valence-corrected chi connectivity index (χ4v) is 2.45. The highest BCUT2D eigenvalue weighted by Gasteiger charge is 2.31. The first-order valence-electron chi connectivity index (χ1n) is 8.08. The number of piperazine rings is 1. The average molecular weight is 354 g/mol. The fourth-order valence-electron chi connectivity index (χ4n) is 2.45. The molecule has 2 heterocycles. The van der Waals surface area contributed by atoms with Gasteiger partial charge in [0.1, 0.15) is 0 Å². The van der Waals surface area contributed by atoms with Crippen LogP contribution in [0.5, 0.6) is 0 Å². The smallest absolute Gasteiger partial charge is 0.390 e. The zero-order valence-electron chi connectivity index (χ0n) is 14.1. The van der Waals surface area contributed by atoms with Gasteiger partial charge in [-0.3, -0.25) is 0 Å². The van der Waals surface area contributed by atoms with Crippen molar-refractivity contribution in [3.8, 4) is 0 Å². The van der Waals surface area contributed by atoms with Gasteiger partial charge in [0.2, 0.25) is 5.95 Å². The van der Waals surface area contributed by atoms with Crippen molar-refractivity contribution in [2.45, 2.75) is 20.0 Å². The molecule has 9 heteroatoms. The van der Waals surface area contributed by atoms with E-state index in [4.69, 9.17) is 5.73 Å².